The number of hydrogen-bond acceptors (Lipinski definition) is 6. The number of hydrogen-bond donors (Lipinski definition) is 1. The molecule has 1 saturated carbocycles. The average Bonchev–Trinajstić information content (AvgIpc) is 2.68. The smallest absolute Gasteiger partial charge is 0.168 e. The quantitative estimate of drug-likeness (QED) is 0.357. The molecule has 0 radical (unpaired) electrons. The molecule has 1 aromatic carbocycles. The van der Waals surface area contributed by atoms with Crippen LogP contribution in [0.5, 0.6) is 0 Å². The van der Waals surface area contributed by atoms with E-state index in [1.165, 1.54) is 0 Å². The Hall–Kier alpha value is -1.63. The van der Waals surface area contributed by atoms with E-state index in [0.717, 1.165) is 44.8 Å². The molecule has 140 valence electrons. The number of piperazine rings is 1. The molecule has 0 bridgehead atoms. The second kappa shape index (κ2) is 9.35. The molecular formula is C20H27N3O2S. The Morgan fingerprint density at radius 1 is 1.08 bits per heavy atom. The molecule has 1 heterocycles. The van der Waals surface area contributed by atoms with E-state index in [1.54, 1.807) is 18.1 Å². The van der Waals surface area contributed by atoms with Crippen LogP contribution in [0.3, 0.4) is 0 Å². The van der Waals surface area contributed by atoms with E-state index < -0.39 is 0 Å². The molecule has 6 heteroatoms. The molecule has 1 N–H and O–H groups in total. The summed E-state index contributed by atoms with van der Waals surface area (Å²) in [6.45, 7) is 5.98. The number of nitrogens with one attached hydrogen (secondary N) is 1. The first-order valence-electron chi connectivity index (χ1n) is 9.23. The SMILES string of the molecule is CSN1CCN(CCNC=C2C(=O)CC(c3ccccc3)CC2=O)CC1. The first-order valence-corrected chi connectivity index (χ1v) is 10.4. The standard InChI is InChI=1S/C20H27N3O2S/c1-26-23-11-9-22(10-12-23)8-7-21-15-18-19(24)13-17(14-20(18)25)16-5-3-2-4-6-16/h2-6,15,17,21H,7-14H2,1H3. The average molecular weight is 374 g/mol. The number of nitrogens with zero attached hydrogens (tertiary/aromatic N) is 2. The highest BCUT2D eigenvalue weighted by atomic mass is 32.2. The molecule has 1 aliphatic heterocycles. The number of benzene rings is 1. The van der Waals surface area contributed by atoms with Crippen LogP contribution in [-0.2, 0) is 9.59 Å². The first kappa shape index (κ1) is 19.1. The third-order valence-electron chi connectivity index (χ3n) is 5.14. The monoisotopic (exact) mass is 373 g/mol. The van der Waals surface area contributed by atoms with Gasteiger partial charge < -0.3 is 5.32 Å². The Labute approximate surface area is 159 Å². The molecule has 26 heavy (non-hydrogen) atoms. The lowest BCUT2D eigenvalue weighted by Crippen LogP contribution is -2.45. The van der Waals surface area contributed by atoms with Crippen molar-refractivity contribution < 1.29 is 9.59 Å². The van der Waals surface area contributed by atoms with Gasteiger partial charge in [-0.2, -0.15) is 0 Å². The van der Waals surface area contributed by atoms with Crippen molar-refractivity contribution in [3.63, 3.8) is 0 Å². The Morgan fingerprint density at radius 3 is 2.35 bits per heavy atom. The van der Waals surface area contributed by atoms with Gasteiger partial charge in [-0.15, -0.1) is 0 Å². The number of allylic oxidation sites excluding steroid dienone is 1. The summed E-state index contributed by atoms with van der Waals surface area (Å²) >= 11 is 1.80. The summed E-state index contributed by atoms with van der Waals surface area (Å²) < 4.78 is 2.37. The number of Topliss-reactive ketones (excluding diaryl/α,β-unsaturated/α-hetero) is 2. The minimum atomic E-state index is -0.0452. The van der Waals surface area contributed by atoms with Crippen molar-refractivity contribution >= 4 is 23.5 Å². The maximum Gasteiger partial charge on any atom is 0.168 e. The van der Waals surface area contributed by atoms with E-state index >= 15 is 0 Å². The lowest BCUT2D eigenvalue weighted by atomic mass is 9.80. The van der Waals surface area contributed by atoms with Crippen LogP contribution in [-0.4, -0.2) is 66.3 Å². The summed E-state index contributed by atoms with van der Waals surface area (Å²) in [6.07, 6.45) is 4.59. The molecule has 2 fully saturated rings. The molecule has 2 aliphatic rings. The first-order chi connectivity index (χ1) is 12.7. The van der Waals surface area contributed by atoms with Crippen LogP contribution in [0.1, 0.15) is 24.3 Å². The second-order valence-corrected chi connectivity index (χ2v) is 7.71. The largest absolute Gasteiger partial charge is 0.389 e. The van der Waals surface area contributed by atoms with Gasteiger partial charge in [0.05, 0.1) is 5.57 Å². The minimum Gasteiger partial charge on any atom is -0.389 e. The fraction of sp³-hybridized carbons (Fsp3) is 0.500. The molecule has 0 aromatic heterocycles. The van der Waals surface area contributed by atoms with Crippen molar-refractivity contribution in [2.45, 2.75) is 18.8 Å². The van der Waals surface area contributed by atoms with Gasteiger partial charge in [-0.25, -0.2) is 4.31 Å². The van der Waals surface area contributed by atoms with Crippen molar-refractivity contribution in [3.05, 3.63) is 47.7 Å². The normalized spacial score (nSPS) is 22.5. The van der Waals surface area contributed by atoms with E-state index in [1.807, 2.05) is 30.3 Å². The van der Waals surface area contributed by atoms with Gasteiger partial charge >= 0.3 is 0 Å². The molecule has 5 nitrogen and oxygen atoms in total. The maximum absolute atomic E-state index is 12.4. The van der Waals surface area contributed by atoms with Gasteiger partial charge in [-0.05, 0) is 17.7 Å². The Kier molecular flexibility index (Phi) is 6.88. The molecule has 0 atom stereocenters. The van der Waals surface area contributed by atoms with E-state index in [2.05, 4.69) is 20.8 Å². The third-order valence-corrected chi connectivity index (χ3v) is 6.03. The van der Waals surface area contributed by atoms with Crippen molar-refractivity contribution in [3.8, 4) is 0 Å². The predicted molar refractivity (Wildman–Crippen MR) is 106 cm³/mol. The fourth-order valence-corrected chi connectivity index (χ4v) is 4.08. The zero-order valence-corrected chi connectivity index (χ0v) is 16.1. The summed E-state index contributed by atoms with van der Waals surface area (Å²) in [6, 6.07) is 9.85. The third kappa shape index (κ3) is 4.96. The maximum atomic E-state index is 12.4. The molecule has 0 amide bonds. The highest BCUT2D eigenvalue weighted by Gasteiger charge is 2.31. The van der Waals surface area contributed by atoms with Crippen LogP contribution < -0.4 is 5.32 Å². The zero-order chi connectivity index (χ0) is 18.4. The Bertz CT molecular complexity index is 634. The van der Waals surface area contributed by atoms with Gasteiger partial charge in [0, 0.05) is 58.3 Å². The van der Waals surface area contributed by atoms with Crippen LogP contribution in [0.4, 0.5) is 0 Å². The molecule has 1 aliphatic carbocycles. The van der Waals surface area contributed by atoms with E-state index in [0.29, 0.717) is 18.4 Å². The summed E-state index contributed by atoms with van der Waals surface area (Å²) in [4.78, 5) is 27.2. The van der Waals surface area contributed by atoms with Crippen molar-refractivity contribution in [2.75, 3.05) is 45.5 Å². The fourth-order valence-electron chi connectivity index (χ4n) is 3.55. The molecule has 0 spiro atoms. The molecular weight excluding hydrogens is 346 g/mol. The van der Waals surface area contributed by atoms with Gasteiger partial charge in [0.25, 0.3) is 0 Å². The summed E-state index contributed by atoms with van der Waals surface area (Å²) in [5.41, 5.74) is 1.41. The van der Waals surface area contributed by atoms with Gasteiger partial charge in [0.2, 0.25) is 0 Å². The topological polar surface area (TPSA) is 52.6 Å². The van der Waals surface area contributed by atoms with Crippen LogP contribution >= 0.6 is 11.9 Å². The van der Waals surface area contributed by atoms with E-state index in [4.69, 9.17) is 0 Å². The van der Waals surface area contributed by atoms with Crippen LogP contribution in [0.25, 0.3) is 0 Å². The van der Waals surface area contributed by atoms with Crippen molar-refractivity contribution in [1.29, 1.82) is 0 Å². The van der Waals surface area contributed by atoms with Gasteiger partial charge in [0.15, 0.2) is 11.6 Å². The van der Waals surface area contributed by atoms with E-state index in [-0.39, 0.29) is 17.5 Å². The predicted octanol–water partition coefficient (Wildman–Crippen LogP) is 2.07. The number of carbonyl (C=O) groups is 2. The lowest BCUT2D eigenvalue weighted by molar-refractivity contribution is -0.124. The molecule has 3 rings (SSSR count). The number of rotatable bonds is 6. The lowest BCUT2D eigenvalue weighted by Gasteiger charge is -2.33. The molecule has 0 unspecified atom stereocenters. The van der Waals surface area contributed by atoms with Gasteiger partial charge in [0.1, 0.15) is 0 Å². The van der Waals surface area contributed by atoms with Crippen molar-refractivity contribution in [1.82, 2.24) is 14.5 Å². The highest BCUT2D eigenvalue weighted by molar-refractivity contribution is 7.96. The van der Waals surface area contributed by atoms with E-state index in [9.17, 15) is 9.59 Å². The molecule has 1 saturated heterocycles. The van der Waals surface area contributed by atoms with Gasteiger partial charge in [-0.1, -0.05) is 42.3 Å². The number of ketones is 2. The van der Waals surface area contributed by atoms with Crippen LogP contribution in [0.15, 0.2) is 42.1 Å². The van der Waals surface area contributed by atoms with Crippen molar-refractivity contribution in [2.24, 2.45) is 0 Å². The summed E-state index contributed by atoms with van der Waals surface area (Å²) in [7, 11) is 0. The Balaban J connectivity index is 1.46. The zero-order valence-electron chi connectivity index (χ0n) is 15.3. The second-order valence-electron chi connectivity index (χ2n) is 6.83. The highest BCUT2D eigenvalue weighted by Crippen LogP contribution is 2.31. The van der Waals surface area contributed by atoms with Gasteiger partial charge in [-0.3, -0.25) is 14.5 Å². The summed E-state index contributed by atoms with van der Waals surface area (Å²) in [5.74, 6) is -0.0755. The van der Waals surface area contributed by atoms with Crippen LogP contribution in [0.2, 0.25) is 0 Å². The number of carbonyl (C=O) groups excluding carboxylic acids is 2. The van der Waals surface area contributed by atoms with Crippen LogP contribution in [0, 0.1) is 0 Å². The Morgan fingerprint density at radius 2 is 1.73 bits per heavy atom. The summed E-state index contributed by atoms with van der Waals surface area (Å²) in [5, 5.41) is 3.18. The minimum absolute atomic E-state index is 0.0149. The molecule has 1 aromatic rings.